The molecule has 0 aliphatic carbocycles. The van der Waals surface area contributed by atoms with Crippen LogP contribution in [0, 0.1) is 6.92 Å². The number of hydrogen-bond donors (Lipinski definition) is 0. The number of aryl methyl sites for hydroxylation is 1. The van der Waals surface area contributed by atoms with Gasteiger partial charge >= 0.3 is 0 Å². The molecule has 0 aliphatic heterocycles. The van der Waals surface area contributed by atoms with E-state index in [2.05, 4.69) is 43.3 Å². The summed E-state index contributed by atoms with van der Waals surface area (Å²) in [5.74, 6) is 0. The quantitative estimate of drug-likeness (QED) is 0.610. The Morgan fingerprint density at radius 3 is 2.38 bits per heavy atom. The molecular formula is C13H16. The molecule has 1 aromatic rings. The highest BCUT2D eigenvalue weighted by molar-refractivity contribution is 5.23. The van der Waals surface area contributed by atoms with Crippen LogP contribution in [-0.2, 0) is 6.42 Å². The molecular weight excluding hydrogens is 156 g/mol. The fraction of sp³-hybridized carbons (Fsp3) is 0.231. The molecule has 0 N–H and O–H groups in total. The summed E-state index contributed by atoms with van der Waals surface area (Å²) in [5, 5.41) is 0. The Morgan fingerprint density at radius 2 is 1.77 bits per heavy atom. The van der Waals surface area contributed by atoms with Crippen LogP contribution < -0.4 is 0 Å². The highest BCUT2D eigenvalue weighted by atomic mass is 13.9. The fourth-order valence-corrected chi connectivity index (χ4v) is 1.12. The first-order valence-electron chi connectivity index (χ1n) is 4.66. The molecule has 0 aromatic heterocycles. The minimum Gasteiger partial charge on any atom is -0.0877 e. The molecule has 68 valence electrons. The van der Waals surface area contributed by atoms with Crippen molar-refractivity contribution in [1.82, 2.24) is 0 Å². The highest BCUT2D eigenvalue weighted by Crippen LogP contribution is 2.04. The second-order valence-corrected chi connectivity index (χ2v) is 3.14. The molecule has 0 saturated carbocycles. The molecule has 13 heavy (non-hydrogen) atoms. The molecule has 0 unspecified atom stereocenters. The number of benzene rings is 1. The van der Waals surface area contributed by atoms with E-state index in [4.69, 9.17) is 0 Å². The van der Waals surface area contributed by atoms with Crippen LogP contribution in [0.2, 0.25) is 0 Å². The van der Waals surface area contributed by atoms with Gasteiger partial charge < -0.3 is 0 Å². The first kappa shape index (κ1) is 9.79. The van der Waals surface area contributed by atoms with E-state index in [0.29, 0.717) is 0 Å². The van der Waals surface area contributed by atoms with E-state index < -0.39 is 0 Å². The van der Waals surface area contributed by atoms with Crippen molar-refractivity contribution in [3.63, 3.8) is 0 Å². The standard InChI is InChI=1S/C13H16/c1-3-4-5-6-7-13-10-8-12(2)9-11-13/h3-6,8-11H,7H2,1-2H3/b4-3+,6-5+. The first-order valence-corrected chi connectivity index (χ1v) is 4.66. The van der Waals surface area contributed by atoms with Crippen molar-refractivity contribution in [3.8, 4) is 0 Å². The molecule has 1 aromatic carbocycles. The maximum atomic E-state index is 2.18. The SMILES string of the molecule is C/C=C/C=C/Cc1ccc(C)cc1. The third-order valence-corrected chi connectivity index (χ3v) is 1.91. The zero-order chi connectivity index (χ0) is 9.52. The second-order valence-electron chi connectivity index (χ2n) is 3.14. The molecule has 0 fully saturated rings. The molecule has 0 saturated heterocycles. The summed E-state index contributed by atoms with van der Waals surface area (Å²) in [4.78, 5) is 0. The van der Waals surface area contributed by atoms with E-state index in [0.717, 1.165) is 6.42 Å². The van der Waals surface area contributed by atoms with Gasteiger partial charge in [0.1, 0.15) is 0 Å². The predicted molar refractivity (Wildman–Crippen MR) is 58.8 cm³/mol. The van der Waals surface area contributed by atoms with Gasteiger partial charge in [0.25, 0.3) is 0 Å². The summed E-state index contributed by atoms with van der Waals surface area (Å²) >= 11 is 0. The largest absolute Gasteiger partial charge is 0.0877 e. The maximum absolute atomic E-state index is 2.18. The molecule has 0 heteroatoms. The lowest BCUT2D eigenvalue weighted by atomic mass is 10.1. The Labute approximate surface area is 80.6 Å². The smallest absolute Gasteiger partial charge is 0.00943 e. The first-order chi connectivity index (χ1) is 6.33. The van der Waals surface area contributed by atoms with Crippen molar-refractivity contribution < 1.29 is 0 Å². The third-order valence-electron chi connectivity index (χ3n) is 1.91. The van der Waals surface area contributed by atoms with E-state index >= 15 is 0 Å². The molecule has 0 amide bonds. The lowest BCUT2D eigenvalue weighted by Crippen LogP contribution is -1.80. The Bertz CT molecular complexity index is 288. The van der Waals surface area contributed by atoms with Crippen LogP contribution in [0.5, 0.6) is 0 Å². The topological polar surface area (TPSA) is 0 Å². The summed E-state index contributed by atoms with van der Waals surface area (Å²) in [5.41, 5.74) is 2.69. The zero-order valence-corrected chi connectivity index (χ0v) is 8.33. The van der Waals surface area contributed by atoms with Crippen LogP contribution in [0.15, 0.2) is 48.6 Å². The Balaban J connectivity index is 2.50. The van der Waals surface area contributed by atoms with E-state index in [1.165, 1.54) is 11.1 Å². The molecule has 0 spiro atoms. The normalized spacial score (nSPS) is 11.5. The van der Waals surface area contributed by atoms with Crippen LogP contribution in [0.3, 0.4) is 0 Å². The summed E-state index contributed by atoms with van der Waals surface area (Å²) in [6.45, 7) is 4.13. The highest BCUT2D eigenvalue weighted by Gasteiger charge is 1.87. The molecule has 0 radical (unpaired) electrons. The molecule has 0 atom stereocenters. The Hall–Kier alpha value is -1.30. The van der Waals surface area contributed by atoms with Crippen molar-refractivity contribution in [2.45, 2.75) is 20.3 Å². The molecule has 0 aliphatic rings. The zero-order valence-electron chi connectivity index (χ0n) is 8.33. The number of rotatable bonds is 3. The summed E-state index contributed by atoms with van der Waals surface area (Å²) in [6.07, 6.45) is 9.36. The van der Waals surface area contributed by atoms with Gasteiger partial charge in [-0.2, -0.15) is 0 Å². The van der Waals surface area contributed by atoms with Gasteiger partial charge in [0.15, 0.2) is 0 Å². The van der Waals surface area contributed by atoms with Gasteiger partial charge in [0.05, 0.1) is 0 Å². The van der Waals surface area contributed by atoms with E-state index in [1.807, 2.05) is 19.1 Å². The second kappa shape index (κ2) is 5.36. The van der Waals surface area contributed by atoms with Crippen molar-refractivity contribution >= 4 is 0 Å². The van der Waals surface area contributed by atoms with Gasteiger partial charge in [-0.25, -0.2) is 0 Å². The van der Waals surface area contributed by atoms with Gasteiger partial charge in [-0.15, -0.1) is 0 Å². The van der Waals surface area contributed by atoms with Crippen molar-refractivity contribution in [1.29, 1.82) is 0 Å². The summed E-state index contributed by atoms with van der Waals surface area (Å²) in [7, 11) is 0. The van der Waals surface area contributed by atoms with Crippen LogP contribution in [0.1, 0.15) is 18.1 Å². The number of hydrogen-bond acceptors (Lipinski definition) is 0. The van der Waals surface area contributed by atoms with Gasteiger partial charge in [0, 0.05) is 0 Å². The molecule has 0 heterocycles. The Morgan fingerprint density at radius 1 is 1.08 bits per heavy atom. The van der Waals surface area contributed by atoms with Crippen molar-refractivity contribution in [3.05, 3.63) is 59.7 Å². The number of allylic oxidation sites excluding steroid dienone is 4. The lowest BCUT2D eigenvalue weighted by Gasteiger charge is -1.96. The van der Waals surface area contributed by atoms with Gasteiger partial charge in [-0.3, -0.25) is 0 Å². The van der Waals surface area contributed by atoms with Crippen LogP contribution in [0.25, 0.3) is 0 Å². The fourth-order valence-electron chi connectivity index (χ4n) is 1.12. The van der Waals surface area contributed by atoms with Gasteiger partial charge in [-0.05, 0) is 25.8 Å². The van der Waals surface area contributed by atoms with Crippen LogP contribution in [-0.4, -0.2) is 0 Å². The third kappa shape index (κ3) is 3.75. The van der Waals surface area contributed by atoms with E-state index in [-0.39, 0.29) is 0 Å². The van der Waals surface area contributed by atoms with Crippen molar-refractivity contribution in [2.24, 2.45) is 0 Å². The van der Waals surface area contributed by atoms with Crippen LogP contribution >= 0.6 is 0 Å². The average Bonchev–Trinajstić information content (AvgIpc) is 2.15. The average molecular weight is 172 g/mol. The molecule has 1 rings (SSSR count). The molecule has 0 bridgehead atoms. The van der Waals surface area contributed by atoms with E-state index in [1.54, 1.807) is 0 Å². The maximum Gasteiger partial charge on any atom is -0.00943 e. The minimum atomic E-state index is 1.02. The summed E-state index contributed by atoms with van der Waals surface area (Å²) < 4.78 is 0. The monoisotopic (exact) mass is 172 g/mol. The van der Waals surface area contributed by atoms with Crippen molar-refractivity contribution in [2.75, 3.05) is 0 Å². The Kier molecular flexibility index (Phi) is 4.04. The van der Waals surface area contributed by atoms with Crippen LogP contribution in [0.4, 0.5) is 0 Å². The van der Waals surface area contributed by atoms with E-state index in [9.17, 15) is 0 Å². The van der Waals surface area contributed by atoms with Gasteiger partial charge in [0.2, 0.25) is 0 Å². The lowest BCUT2D eigenvalue weighted by molar-refractivity contribution is 1.26. The van der Waals surface area contributed by atoms with Gasteiger partial charge in [-0.1, -0.05) is 54.1 Å². The predicted octanol–water partition coefficient (Wildman–Crippen LogP) is 3.67. The molecule has 0 nitrogen and oxygen atoms in total. The summed E-state index contributed by atoms with van der Waals surface area (Å²) in [6, 6.07) is 8.66. The minimum absolute atomic E-state index is 1.02.